The van der Waals surface area contributed by atoms with E-state index >= 15 is 0 Å². The molecule has 9 heteroatoms. The maximum absolute atomic E-state index is 13.0. The molecule has 3 N–H and O–H groups in total. The second-order valence-corrected chi connectivity index (χ2v) is 10.9. The van der Waals surface area contributed by atoms with E-state index in [2.05, 4.69) is 15.3 Å². The number of aromatic nitrogens is 4. The second-order valence-electron chi connectivity index (χ2n) is 10.9. The Balaban J connectivity index is 1.33. The first-order chi connectivity index (χ1) is 17.8. The van der Waals surface area contributed by atoms with Crippen molar-refractivity contribution in [2.45, 2.75) is 51.3 Å². The molecule has 9 nitrogen and oxygen atoms in total. The van der Waals surface area contributed by atoms with Crippen molar-refractivity contribution in [3.8, 4) is 11.3 Å². The smallest absolute Gasteiger partial charge is 0.410 e. The van der Waals surface area contributed by atoms with E-state index in [-0.39, 0.29) is 18.2 Å². The summed E-state index contributed by atoms with van der Waals surface area (Å²) in [5, 5.41) is 9.18. The third-order valence-electron chi connectivity index (χ3n) is 7.13. The lowest BCUT2D eigenvalue weighted by Gasteiger charge is -2.34. The van der Waals surface area contributed by atoms with Gasteiger partial charge in [-0.1, -0.05) is 30.3 Å². The van der Waals surface area contributed by atoms with Crippen molar-refractivity contribution >= 4 is 34.3 Å². The van der Waals surface area contributed by atoms with E-state index in [1.54, 1.807) is 0 Å². The van der Waals surface area contributed by atoms with Crippen LogP contribution >= 0.6 is 0 Å². The zero-order chi connectivity index (χ0) is 25.7. The lowest BCUT2D eigenvalue weighted by Crippen LogP contribution is -2.45. The summed E-state index contributed by atoms with van der Waals surface area (Å²) in [7, 11) is 0. The molecule has 6 rings (SSSR count). The molecule has 1 aliphatic heterocycles. The number of nitrogens with zero attached hydrogens (tertiary/aromatic N) is 5. The topological polar surface area (TPSA) is 111 Å². The zero-order valence-corrected chi connectivity index (χ0v) is 21.3. The molecule has 2 aliphatic rings. The SMILES string of the molecule is CC(C)(C)OC(=O)N1CC2CC1C(n1nc(-c3ccc(Nc4ccccc4)cc3)c3c(N)ncnc31)C2. The third kappa shape index (κ3) is 4.34. The van der Waals surface area contributed by atoms with Crippen LogP contribution in [0.3, 0.4) is 0 Å². The normalized spacial score (nSPS) is 20.9. The lowest BCUT2D eigenvalue weighted by atomic mass is 10.1. The van der Waals surface area contributed by atoms with Crippen molar-refractivity contribution < 1.29 is 9.53 Å². The minimum absolute atomic E-state index is 0.00385. The Morgan fingerprint density at radius 3 is 2.41 bits per heavy atom. The number of benzene rings is 2. The molecule has 1 saturated carbocycles. The molecular weight excluding hydrogens is 466 g/mol. The summed E-state index contributed by atoms with van der Waals surface area (Å²) in [6, 6.07) is 18.1. The summed E-state index contributed by atoms with van der Waals surface area (Å²) in [6.45, 7) is 6.40. The van der Waals surface area contributed by atoms with Gasteiger partial charge in [-0.05, 0) is 63.8 Å². The minimum atomic E-state index is -0.539. The van der Waals surface area contributed by atoms with Crippen molar-refractivity contribution in [1.82, 2.24) is 24.6 Å². The quantitative estimate of drug-likeness (QED) is 0.389. The summed E-state index contributed by atoms with van der Waals surface area (Å²) in [5.74, 6) is 0.803. The Bertz CT molecular complexity index is 1440. The van der Waals surface area contributed by atoms with E-state index in [1.165, 1.54) is 6.33 Å². The fraction of sp³-hybridized carbons (Fsp3) is 0.357. The summed E-state index contributed by atoms with van der Waals surface area (Å²) >= 11 is 0. The number of para-hydroxylation sites is 1. The average molecular weight is 498 g/mol. The number of rotatable bonds is 4. The number of nitrogens with one attached hydrogen (secondary N) is 1. The van der Waals surface area contributed by atoms with Crippen molar-refractivity contribution in [3.63, 3.8) is 0 Å². The molecule has 0 radical (unpaired) electrons. The van der Waals surface area contributed by atoms with E-state index in [0.717, 1.165) is 47.4 Å². The predicted octanol–water partition coefficient (Wildman–Crippen LogP) is 5.39. The maximum atomic E-state index is 13.0. The van der Waals surface area contributed by atoms with Crippen LogP contribution in [0.1, 0.15) is 39.7 Å². The number of hydrogen-bond donors (Lipinski definition) is 2. The van der Waals surface area contributed by atoms with Crippen LogP contribution in [0.4, 0.5) is 22.0 Å². The van der Waals surface area contributed by atoms with Gasteiger partial charge in [0.05, 0.1) is 17.5 Å². The van der Waals surface area contributed by atoms with Gasteiger partial charge in [0.25, 0.3) is 0 Å². The van der Waals surface area contributed by atoms with Crippen molar-refractivity contribution in [2.75, 3.05) is 17.6 Å². The largest absolute Gasteiger partial charge is 0.444 e. The molecule has 190 valence electrons. The molecule has 1 amide bonds. The van der Waals surface area contributed by atoms with Crippen LogP contribution in [-0.2, 0) is 4.74 Å². The van der Waals surface area contributed by atoms with E-state index in [9.17, 15) is 4.79 Å². The fourth-order valence-electron chi connectivity index (χ4n) is 5.61. The van der Waals surface area contributed by atoms with Gasteiger partial charge < -0.3 is 20.7 Å². The number of carbonyl (C=O) groups is 1. The zero-order valence-electron chi connectivity index (χ0n) is 21.3. The monoisotopic (exact) mass is 497 g/mol. The van der Waals surface area contributed by atoms with Gasteiger partial charge in [0.1, 0.15) is 23.4 Å². The van der Waals surface area contributed by atoms with Gasteiger partial charge in [-0.3, -0.25) is 0 Å². The number of nitrogen functional groups attached to an aromatic ring is 1. The number of amides is 1. The van der Waals surface area contributed by atoms with Crippen LogP contribution in [0.25, 0.3) is 22.3 Å². The van der Waals surface area contributed by atoms with Gasteiger partial charge in [0, 0.05) is 23.5 Å². The van der Waals surface area contributed by atoms with E-state index in [4.69, 9.17) is 15.6 Å². The standard InChI is InChI=1S/C28H31N7O2/c1-28(2,3)37-27(36)34-15-17-13-21(34)22(14-17)35-26-23(25(29)30-16-31-26)24(33-35)18-9-11-20(12-10-18)32-19-7-5-4-6-8-19/h4-12,16-17,21-22,32H,13-15H2,1-3H3,(H2,29,30,31). The number of likely N-dealkylation sites (tertiary alicyclic amines) is 1. The molecule has 4 aromatic rings. The molecule has 3 unspecified atom stereocenters. The van der Waals surface area contributed by atoms with Crippen molar-refractivity contribution in [2.24, 2.45) is 5.92 Å². The predicted molar refractivity (Wildman–Crippen MR) is 143 cm³/mol. The van der Waals surface area contributed by atoms with Crippen LogP contribution in [0.2, 0.25) is 0 Å². The molecule has 2 bridgehead atoms. The maximum Gasteiger partial charge on any atom is 0.410 e. The third-order valence-corrected chi connectivity index (χ3v) is 7.13. The molecule has 1 aliphatic carbocycles. The number of nitrogens with two attached hydrogens (primary N) is 1. The summed E-state index contributed by atoms with van der Waals surface area (Å²) in [5.41, 5.74) is 10.2. The first kappa shape index (κ1) is 23.3. The summed E-state index contributed by atoms with van der Waals surface area (Å²) < 4.78 is 7.66. The molecule has 3 atom stereocenters. The number of carbonyl (C=O) groups excluding carboxylic acids is 1. The van der Waals surface area contributed by atoms with Crippen molar-refractivity contribution in [1.29, 1.82) is 0 Å². The Hall–Kier alpha value is -4.14. The number of piperidine rings is 1. The van der Waals surface area contributed by atoms with Crippen LogP contribution in [0, 0.1) is 5.92 Å². The second kappa shape index (κ2) is 8.76. The molecule has 37 heavy (non-hydrogen) atoms. The van der Waals surface area contributed by atoms with Gasteiger partial charge in [-0.15, -0.1) is 0 Å². The van der Waals surface area contributed by atoms with Gasteiger partial charge in [-0.2, -0.15) is 5.10 Å². The summed E-state index contributed by atoms with van der Waals surface area (Å²) in [4.78, 5) is 23.7. The van der Waals surface area contributed by atoms with E-state index in [0.29, 0.717) is 17.4 Å². The first-order valence-corrected chi connectivity index (χ1v) is 12.7. The molecule has 0 spiro atoms. The number of hydrogen-bond acceptors (Lipinski definition) is 7. The number of fused-ring (bicyclic) bond motifs is 3. The highest BCUT2D eigenvalue weighted by atomic mass is 16.6. The Labute approximate surface area is 215 Å². The highest BCUT2D eigenvalue weighted by Gasteiger charge is 2.49. The van der Waals surface area contributed by atoms with Gasteiger partial charge in [0.2, 0.25) is 0 Å². The molecule has 2 aromatic carbocycles. The van der Waals surface area contributed by atoms with E-state index < -0.39 is 5.60 Å². The van der Waals surface area contributed by atoms with Gasteiger partial charge >= 0.3 is 6.09 Å². The average Bonchev–Trinajstić information content (AvgIpc) is 3.57. The molecule has 3 heterocycles. The highest BCUT2D eigenvalue weighted by molar-refractivity contribution is 5.98. The van der Waals surface area contributed by atoms with E-state index in [1.807, 2.05) is 85.0 Å². The molecule has 2 aromatic heterocycles. The molecule has 1 saturated heterocycles. The molecular formula is C28H31N7O2. The number of ether oxygens (including phenoxy) is 1. The van der Waals surface area contributed by atoms with Crippen LogP contribution in [0.5, 0.6) is 0 Å². The minimum Gasteiger partial charge on any atom is -0.444 e. The lowest BCUT2D eigenvalue weighted by molar-refractivity contribution is 0.0135. The van der Waals surface area contributed by atoms with Crippen LogP contribution < -0.4 is 11.1 Å². The Kier molecular flexibility index (Phi) is 5.51. The number of anilines is 3. The van der Waals surface area contributed by atoms with Crippen molar-refractivity contribution in [3.05, 3.63) is 60.9 Å². The Morgan fingerprint density at radius 2 is 1.70 bits per heavy atom. The van der Waals surface area contributed by atoms with Gasteiger partial charge in [0.15, 0.2) is 5.65 Å². The fourth-order valence-corrected chi connectivity index (χ4v) is 5.61. The first-order valence-electron chi connectivity index (χ1n) is 12.7. The van der Waals surface area contributed by atoms with Crippen LogP contribution in [0.15, 0.2) is 60.9 Å². The highest BCUT2D eigenvalue weighted by Crippen LogP contribution is 2.46. The Morgan fingerprint density at radius 1 is 1.00 bits per heavy atom. The molecule has 2 fully saturated rings. The van der Waals surface area contributed by atoms with Crippen LogP contribution in [-0.4, -0.2) is 48.9 Å². The van der Waals surface area contributed by atoms with Gasteiger partial charge in [-0.25, -0.2) is 19.4 Å². The summed E-state index contributed by atoms with van der Waals surface area (Å²) in [6.07, 6.45) is 3.08.